The summed E-state index contributed by atoms with van der Waals surface area (Å²) in [5.74, 6) is 0.659. The van der Waals surface area contributed by atoms with Crippen LogP contribution in [0.3, 0.4) is 0 Å². The summed E-state index contributed by atoms with van der Waals surface area (Å²) in [7, 11) is 0. The van der Waals surface area contributed by atoms with Crippen LogP contribution in [0.15, 0.2) is 34.2 Å². The van der Waals surface area contributed by atoms with Gasteiger partial charge in [0.05, 0.1) is 11.3 Å². The van der Waals surface area contributed by atoms with E-state index in [0.717, 1.165) is 18.4 Å². The van der Waals surface area contributed by atoms with Crippen molar-refractivity contribution in [2.75, 3.05) is 5.75 Å². The van der Waals surface area contributed by atoms with Crippen LogP contribution in [0.2, 0.25) is 0 Å². The second-order valence-electron chi connectivity index (χ2n) is 4.48. The molecule has 0 bridgehead atoms. The Labute approximate surface area is 127 Å². The van der Waals surface area contributed by atoms with E-state index in [1.807, 2.05) is 6.07 Å². The first-order valence-electron chi connectivity index (χ1n) is 6.89. The molecular formula is C14H18N4O2S. The minimum atomic E-state index is -0.0187. The minimum Gasteiger partial charge on any atom is -0.411 e. The number of nitrogens with one attached hydrogen (secondary N) is 1. The number of hydrogen-bond acceptors (Lipinski definition) is 6. The van der Waals surface area contributed by atoms with Crippen molar-refractivity contribution in [1.82, 2.24) is 20.5 Å². The topological polar surface area (TPSA) is 80.9 Å². The molecule has 1 amide bonds. The van der Waals surface area contributed by atoms with Crippen LogP contribution in [0.5, 0.6) is 0 Å². The van der Waals surface area contributed by atoms with Gasteiger partial charge in [0.2, 0.25) is 11.8 Å². The van der Waals surface area contributed by atoms with Gasteiger partial charge in [-0.2, -0.15) is 0 Å². The van der Waals surface area contributed by atoms with Crippen LogP contribution in [0.4, 0.5) is 0 Å². The SMILES string of the molecule is CCC(CC)NC(=O)CSc1nnc(-c2cccnc2)o1. The molecule has 2 aromatic rings. The van der Waals surface area contributed by atoms with Crippen LogP contribution >= 0.6 is 11.8 Å². The lowest BCUT2D eigenvalue weighted by atomic mass is 10.2. The monoisotopic (exact) mass is 306 g/mol. The Bertz CT molecular complexity index is 569. The van der Waals surface area contributed by atoms with Gasteiger partial charge in [-0.25, -0.2) is 0 Å². The first-order valence-corrected chi connectivity index (χ1v) is 7.87. The fourth-order valence-electron chi connectivity index (χ4n) is 1.76. The number of hydrogen-bond donors (Lipinski definition) is 1. The molecule has 2 rings (SSSR count). The number of aromatic nitrogens is 3. The molecule has 0 spiro atoms. The normalized spacial score (nSPS) is 10.8. The van der Waals surface area contributed by atoms with Crippen molar-refractivity contribution >= 4 is 17.7 Å². The summed E-state index contributed by atoms with van der Waals surface area (Å²) in [5.41, 5.74) is 0.762. The van der Waals surface area contributed by atoms with Crippen LogP contribution in [0.1, 0.15) is 26.7 Å². The predicted octanol–water partition coefficient (Wildman–Crippen LogP) is 2.53. The standard InChI is InChI=1S/C14H18N4O2S/c1-3-11(4-2)16-12(19)9-21-14-18-17-13(20-14)10-6-5-7-15-8-10/h5-8,11H,3-4,9H2,1-2H3,(H,16,19). The van der Waals surface area contributed by atoms with Gasteiger partial charge in [-0.1, -0.05) is 25.6 Å². The van der Waals surface area contributed by atoms with Gasteiger partial charge in [0.25, 0.3) is 5.22 Å². The maximum absolute atomic E-state index is 11.8. The summed E-state index contributed by atoms with van der Waals surface area (Å²) in [6.07, 6.45) is 5.19. The van der Waals surface area contributed by atoms with Crippen LogP contribution in [-0.4, -0.2) is 32.9 Å². The zero-order valence-electron chi connectivity index (χ0n) is 12.1. The van der Waals surface area contributed by atoms with Crippen LogP contribution in [0, 0.1) is 0 Å². The van der Waals surface area contributed by atoms with Crippen LogP contribution in [-0.2, 0) is 4.79 Å². The number of amides is 1. The van der Waals surface area contributed by atoms with E-state index in [2.05, 4.69) is 34.3 Å². The second-order valence-corrected chi connectivity index (χ2v) is 5.41. The summed E-state index contributed by atoms with van der Waals surface area (Å²) in [6, 6.07) is 3.87. The molecule has 0 aromatic carbocycles. The zero-order chi connectivity index (χ0) is 15.1. The average Bonchev–Trinajstić information content (AvgIpc) is 3.00. The molecule has 0 saturated heterocycles. The van der Waals surface area contributed by atoms with E-state index >= 15 is 0 Å². The Morgan fingerprint density at radius 1 is 1.38 bits per heavy atom. The number of carbonyl (C=O) groups excluding carboxylic acids is 1. The van der Waals surface area contributed by atoms with E-state index in [1.165, 1.54) is 11.8 Å². The van der Waals surface area contributed by atoms with Gasteiger partial charge in [0.15, 0.2) is 0 Å². The quantitative estimate of drug-likeness (QED) is 0.792. The molecular weight excluding hydrogens is 288 g/mol. The van der Waals surface area contributed by atoms with E-state index in [-0.39, 0.29) is 17.7 Å². The highest BCUT2D eigenvalue weighted by Gasteiger charge is 2.13. The summed E-state index contributed by atoms with van der Waals surface area (Å²) >= 11 is 1.23. The van der Waals surface area contributed by atoms with Gasteiger partial charge in [-0.3, -0.25) is 9.78 Å². The summed E-state index contributed by atoms with van der Waals surface area (Å²) in [5, 5.41) is 11.2. The van der Waals surface area contributed by atoms with Gasteiger partial charge >= 0.3 is 0 Å². The maximum Gasteiger partial charge on any atom is 0.277 e. The zero-order valence-corrected chi connectivity index (χ0v) is 12.9. The van der Waals surface area contributed by atoms with E-state index in [0.29, 0.717) is 11.1 Å². The van der Waals surface area contributed by atoms with Crippen LogP contribution in [0.25, 0.3) is 11.5 Å². The lowest BCUT2D eigenvalue weighted by Crippen LogP contribution is -2.34. The fourth-order valence-corrected chi connectivity index (χ4v) is 2.34. The number of thioether (sulfide) groups is 1. The molecule has 1 N–H and O–H groups in total. The van der Waals surface area contributed by atoms with Gasteiger partial charge in [0.1, 0.15) is 0 Å². The molecule has 0 saturated carbocycles. The molecule has 0 aliphatic rings. The van der Waals surface area contributed by atoms with Crippen molar-refractivity contribution in [1.29, 1.82) is 0 Å². The molecule has 0 unspecified atom stereocenters. The van der Waals surface area contributed by atoms with Crippen molar-refractivity contribution in [3.8, 4) is 11.5 Å². The molecule has 7 heteroatoms. The molecule has 112 valence electrons. The Kier molecular flexibility index (Phi) is 5.74. The summed E-state index contributed by atoms with van der Waals surface area (Å²) in [4.78, 5) is 15.8. The third-order valence-electron chi connectivity index (χ3n) is 2.99. The van der Waals surface area contributed by atoms with Crippen molar-refractivity contribution in [3.05, 3.63) is 24.5 Å². The fraction of sp³-hybridized carbons (Fsp3) is 0.429. The molecule has 0 fully saturated rings. The molecule has 0 atom stereocenters. The predicted molar refractivity (Wildman–Crippen MR) is 80.8 cm³/mol. The Morgan fingerprint density at radius 2 is 2.19 bits per heavy atom. The average molecular weight is 306 g/mol. The first-order chi connectivity index (χ1) is 10.2. The minimum absolute atomic E-state index is 0.0187. The highest BCUT2D eigenvalue weighted by atomic mass is 32.2. The number of pyridine rings is 1. The van der Waals surface area contributed by atoms with E-state index in [4.69, 9.17) is 4.42 Å². The van der Waals surface area contributed by atoms with Crippen molar-refractivity contribution in [2.45, 2.75) is 38.0 Å². The number of nitrogens with zero attached hydrogens (tertiary/aromatic N) is 3. The lowest BCUT2D eigenvalue weighted by molar-refractivity contribution is -0.119. The van der Waals surface area contributed by atoms with Gasteiger partial charge in [-0.05, 0) is 25.0 Å². The smallest absolute Gasteiger partial charge is 0.277 e. The van der Waals surface area contributed by atoms with Crippen molar-refractivity contribution < 1.29 is 9.21 Å². The van der Waals surface area contributed by atoms with Crippen molar-refractivity contribution in [2.24, 2.45) is 0 Å². The van der Waals surface area contributed by atoms with Gasteiger partial charge in [0, 0.05) is 18.4 Å². The third kappa shape index (κ3) is 4.56. The molecule has 0 radical (unpaired) electrons. The first kappa shape index (κ1) is 15.5. The molecule has 2 heterocycles. The number of rotatable bonds is 7. The lowest BCUT2D eigenvalue weighted by Gasteiger charge is -2.13. The summed E-state index contributed by atoms with van der Waals surface area (Å²) < 4.78 is 5.50. The molecule has 21 heavy (non-hydrogen) atoms. The summed E-state index contributed by atoms with van der Waals surface area (Å²) in [6.45, 7) is 4.11. The Morgan fingerprint density at radius 3 is 2.86 bits per heavy atom. The molecule has 0 aliphatic heterocycles. The second kappa shape index (κ2) is 7.78. The Balaban J connectivity index is 1.87. The highest BCUT2D eigenvalue weighted by molar-refractivity contribution is 7.99. The van der Waals surface area contributed by atoms with E-state index < -0.39 is 0 Å². The van der Waals surface area contributed by atoms with Crippen LogP contribution < -0.4 is 5.32 Å². The van der Waals surface area contributed by atoms with E-state index in [9.17, 15) is 4.79 Å². The van der Waals surface area contributed by atoms with Gasteiger partial charge in [-0.15, -0.1) is 10.2 Å². The van der Waals surface area contributed by atoms with E-state index in [1.54, 1.807) is 18.5 Å². The Hall–Kier alpha value is -1.89. The largest absolute Gasteiger partial charge is 0.411 e. The third-order valence-corrected chi connectivity index (χ3v) is 3.81. The molecule has 0 aliphatic carbocycles. The molecule has 2 aromatic heterocycles. The maximum atomic E-state index is 11.8. The molecule has 6 nitrogen and oxygen atoms in total. The number of carbonyl (C=O) groups is 1. The van der Waals surface area contributed by atoms with Crippen molar-refractivity contribution in [3.63, 3.8) is 0 Å². The highest BCUT2D eigenvalue weighted by Crippen LogP contribution is 2.22. The van der Waals surface area contributed by atoms with Gasteiger partial charge < -0.3 is 9.73 Å².